The van der Waals surface area contributed by atoms with Gasteiger partial charge in [0.25, 0.3) is 5.91 Å². The molecule has 2 amide bonds. The number of nitrogens with zero attached hydrogens (tertiary/aromatic N) is 3. The molecule has 0 spiro atoms. The van der Waals surface area contributed by atoms with Crippen molar-refractivity contribution >= 4 is 46.2 Å². The van der Waals surface area contributed by atoms with Crippen molar-refractivity contribution in [3.05, 3.63) is 47.1 Å². The summed E-state index contributed by atoms with van der Waals surface area (Å²) in [5.41, 5.74) is 1.85. The number of hydrogen-bond donors (Lipinski definition) is 2. The van der Waals surface area contributed by atoms with E-state index >= 15 is 0 Å². The Morgan fingerprint density at radius 3 is 2.86 bits per heavy atom. The zero-order chi connectivity index (χ0) is 20.3. The highest BCUT2D eigenvalue weighted by molar-refractivity contribution is 8.26. The fraction of sp³-hybridized carbons (Fsp3) is 0.368. The van der Waals surface area contributed by atoms with E-state index in [-0.39, 0.29) is 17.7 Å². The maximum absolute atomic E-state index is 13.0. The van der Waals surface area contributed by atoms with Crippen LogP contribution in [0.1, 0.15) is 25.2 Å². The Morgan fingerprint density at radius 1 is 1.46 bits per heavy atom. The van der Waals surface area contributed by atoms with Crippen LogP contribution < -0.4 is 5.32 Å². The van der Waals surface area contributed by atoms with Crippen LogP contribution in [-0.2, 0) is 23.1 Å². The lowest BCUT2D eigenvalue weighted by Gasteiger charge is -2.28. The number of aryl methyl sites for hydroxylation is 1. The number of nitrogens with one attached hydrogen (secondary N) is 2. The molecule has 3 heterocycles. The minimum atomic E-state index is -0.645. The van der Waals surface area contributed by atoms with Gasteiger partial charge in [-0.25, -0.2) is 4.98 Å². The van der Waals surface area contributed by atoms with Crippen molar-refractivity contribution in [3.63, 3.8) is 0 Å². The molecule has 1 aliphatic heterocycles. The second kappa shape index (κ2) is 8.74. The Labute approximate surface area is 173 Å². The van der Waals surface area contributed by atoms with E-state index in [1.54, 1.807) is 12.5 Å². The van der Waals surface area contributed by atoms with Crippen LogP contribution in [0.5, 0.6) is 0 Å². The van der Waals surface area contributed by atoms with Crippen molar-refractivity contribution in [2.75, 3.05) is 6.54 Å². The summed E-state index contributed by atoms with van der Waals surface area (Å²) < 4.78 is 2.34. The molecule has 0 saturated carbocycles. The number of thioether (sulfide) groups is 1. The van der Waals surface area contributed by atoms with E-state index < -0.39 is 6.04 Å². The number of hydrogen-bond acceptors (Lipinski definition) is 5. The molecule has 28 heavy (non-hydrogen) atoms. The lowest BCUT2D eigenvalue weighted by atomic mass is 10.0. The van der Waals surface area contributed by atoms with Gasteiger partial charge >= 0.3 is 0 Å². The molecule has 1 fully saturated rings. The lowest BCUT2D eigenvalue weighted by Crippen LogP contribution is -2.51. The molecule has 9 heteroatoms. The molecular weight excluding hydrogens is 394 g/mol. The van der Waals surface area contributed by atoms with Gasteiger partial charge in [0.15, 0.2) is 0 Å². The van der Waals surface area contributed by atoms with Crippen LogP contribution >= 0.6 is 24.0 Å². The quantitative estimate of drug-likeness (QED) is 0.534. The van der Waals surface area contributed by atoms with E-state index in [1.807, 2.05) is 49.9 Å². The summed E-state index contributed by atoms with van der Waals surface area (Å²) in [6, 6.07) is 3.19. The first-order valence-electron chi connectivity index (χ1n) is 9.02. The van der Waals surface area contributed by atoms with Crippen LogP contribution in [0.3, 0.4) is 0 Å². The molecule has 7 nitrogen and oxygen atoms in total. The predicted octanol–water partition coefficient (Wildman–Crippen LogP) is 2.33. The smallest absolute Gasteiger partial charge is 0.267 e. The highest BCUT2D eigenvalue weighted by Gasteiger charge is 2.41. The third kappa shape index (κ3) is 4.36. The van der Waals surface area contributed by atoms with E-state index in [2.05, 4.69) is 15.3 Å². The largest absolute Gasteiger partial charge is 0.354 e. The molecule has 2 N–H and O–H groups in total. The third-order valence-electron chi connectivity index (χ3n) is 4.51. The fourth-order valence-electron chi connectivity index (χ4n) is 3.04. The monoisotopic (exact) mass is 417 g/mol. The first-order chi connectivity index (χ1) is 13.4. The van der Waals surface area contributed by atoms with Gasteiger partial charge in [-0.05, 0) is 24.1 Å². The molecule has 0 aromatic carbocycles. The van der Waals surface area contributed by atoms with Gasteiger partial charge in [0.05, 0.1) is 11.2 Å². The summed E-state index contributed by atoms with van der Waals surface area (Å²) in [7, 11) is 1.91. The van der Waals surface area contributed by atoms with Gasteiger partial charge in [0.1, 0.15) is 10.4 Å². The van der Waals surface area contributed by atoms with E-state index in [4.69, 9.17) is 12.2 Å². The van der Waals surface area contributed by atoms with Crippen LogP contribution in [0.15, 0.2) is 35.8 Å². The Morgan fingerprint density at radius 2 is 2.25 bits per heavy atom. The van der Waals surface area contributed by atoms with E-state index in [0.717, 1.165) is 11.4 Å². The zero-order valence-corrected chi connectivity index (χ0v) is 17.6. The summed E-state index contributed by atoms with van der Waals surface area (Å²) in [6.07, 6.45) is 7.70. The molecule has 148 valence electrons. The number of H-pyrrole nitrogens is 1. The van der Waals surface area contributed by atoms with Crippen molar-refractivity contribution < 1.29 is 9.59 Å². The Balaban J connectivity index is 1.73. The average molecular weight is 418 g/mol. The van der Waals surface area contributed by atoms with Gasteiger partial charge in [-0.3, -0.25) is 14.5 Å². The van der Waals surface area contributed by atoms with Crippen molar-refractivity contribution in [2.24, 2.45) is 13.0 Å². The highest BCUT2D eigenvalue weighted by Crippen LogP contribution is 2.35. The molecule has 0 bridgehead atoms. The van der Waals surface area contributed by atoms with Crippen LogP contribution in [0.25, 0.3) is 6.08 Å². The number of rotatable bonds is 7. The van der Waals surface area contributed by atoms with Gasteiger partial charge < -0.3 is 14.9 Å². The van der Waals surface area contributed by atoms with Crippen molar-refractivity contribution in [1.29, 1.82) is 0 Å². The summed E-state index contributed by atoms with van der Waals surface area (Å²) >= 11 is 6.68. The van der Waals surface area contributed by atoms with Gasteiger partial charge in [0, 0.05) is 43.8 Å². The van der Waals surface area contributed by atoms with Gasteiger partial charge in [-0.1, -0.05) is 37.8 Å². The Bertz CT molecular complexity index is 901. The summed E-state index contributed by atoms with van der Waals surface area (Å²) in [5, 5.41) is 2.92. The summed E-state index contributed by atoms with van der Waals surface area (Å²) in [5.74, 6) is -0.506. The van der Waals surface area contributed by atoms with Gasteiger partial charge in [0.2, 0.25) is 5.91 Å². The maximum atomic E-state index is 13.0. The minimum Gasteiger partial charge on any atom is -0.354 e. The molecule has 3 rings (SSSR count). The maximum Gasteiger partial charge on any atom is 0.267 e. The van der Waals surface area contributed by atoms with E-state index in [1.165, 1.54) is 16.7 Å². The number of aromatic nitrogens is 3. The average Bonchev–Trinajstić information content (AvgIpc) is 3.35. The molecule has 2 aromatic heterocycles. The second-order valence-corrected chi connectivity index (χ2v) is 8.58. The number of carbonyl (C=O) groups excluding carboxylic acids is 2. The van der Waals surface area contributed by atoms with Crippen LogP contribution in [-0.4, -0.2) is 48.2 Å². The molecule has 0 aliphatic carbocycles. The minimum absolute atomic E-state index is 0.0796. The second-order valence-electron chi connectivity index (χ2n) is 6.90. The zero-order valence-electron chi connectivity index (χ0n) is 16.0. The predicted molar refractivity (Wildman–Crippen MR) is 114 cm³/mol. The fourth-order valence-corrected chi connectivity index (χ4v) is 4.36. The number of amides is 2. The Hall–Kier alpha value is -2.39. The topological polar surface area (TPSA) is 83.0 Å². The van der Waals surface area contributed by atoms with E-state index in [9.17, 15) is 9.59 Å². The molecule has 1 atom stereocenters. The lowest BCUT2D eigenvalue weighted by molar-refractivity contribution is -0.134. The van der Waals surface area contributed by atoms with Crippen LogP contribution in [0.4, 0.5) is 0 Å². The normalized spacial score (nSPS) is 17.0. The number of imidazole rings is 1. The van der Waals surface area contributed by atoms with Crippen molar-refractivity contribution in [3.8, 4) is 0 Å². The summed E-state index contributed by atoms with van der Waals surface area (Å²) in [6.45, 7) is 4.29. The first-order valence-corrected chi connectivity index (χ1v) is 10.2. The molecule has 1 saturated heterocycles. The Kier molecular flexibility index (Phi) is 6.35. The van der Waals surface area contributed by atoms with Crippen LogP contribution in [0.2, 0.25) is 0 Å². The summed E-state index contributed by atoms with van der Waals surface area (Å²) in [4.78, 5) is 34.8. The first kappa shape index (κ1) is 20.3. The molecule has 2 aromatic rings. The van der Waals surface area contributed by atoms with E-state index in [0.29, 0.717) is 22.2 Å². The molecule has 1 unspecified atom stereocenters. The molecular formula is C19H23N5O2S2. The number of aromatic amines is 1. The highest BCUT2D eigenvalue weighted by atomic mass is 32.2. The molecule has 1 aliphatic rings. The standard InChI is InChI=1S/C19H23N5O2S2/c1-12(2)16(17(25)21-7-6-13-10-20-11-22-13)24-18(26)15(28-19(24)27)9-14-5-4-8-23(14)3/h4-5,8-12,16H,6-7H2,1-3H3,(H,20,22)(H,21,25). The third-order valence-corrected chi connectivity index (χ3v) is 5.84. The number of thiocarbonyl (C=S) groups is 1. The number of carbonyl (C=O) groups is 2. The SMILES string of the molecule is CC(C)C(C(=O)NCCc1cnc[nH]1)N1C(=O)C(=Cc2cccn2C)SC1=S. The van der Waals surface area contributed by atoms with Gasteiger partial charge in [-0.15, -0.1) is 0 Å². The van der Waals surface area contributed by atoms with Crippen molar-refractivity contribution in [1.82, 2.24) is 24.8 Å². The van der Waals surface area contributed by atoms with Gasteiger partial charge in [-0.2, -0.15) is 0 Å². The van der Waals surface area contributed by atoms with Crippen LogP contribution in [0, 0.1) is 5.92 Å². The molecule has 0 radical (unpaired) electrons. The van der Waals surface area contributed by atoms with Crippen molar-refractivity contribution in [2.45, 2.75) is 26.3 Å².